The van der Waals surface area contributed by atoms with Crippen molar-refractivity contribution in [2.75, 3.05) is 6.61 Å². The van der Waals surface area contributed by atoms with Gasteiger partial charge in [-0.05, 0) is 51.7 Å². The maximum absolute atomic E-state index is 11.9. The molecule has 2 rings (SSSR count). The summed E-state index contributed by atoms with van der Waals surface area (Å²) in [4.78, 5) is 23.8. The zero-order chi connectivity index (χ0) is 17.6. The lowest BCUT2D eigenvalue weighted by atomic mass is 10.00. The molecule has 0 radical (unpaired) electrons. The van der Waals surface area contributed by atoms with Crippen LogP contribution in [0.5, 0.6) is 5.75 Å². The van der Waals surface area contributed by atoms with E-state index in [9.17, 15) is 14.9 Å². The van der Waals surface area contributed by atoms with Crippen molar-refractivity contribution in [1.29, 1.82) is 5.26 Å². The van der Waals surface area contributed by atoms with Crippen LogP contribution < -0.4 is 10.1 Å². The van der Waals surface area contributed by atoms with E-state index in [1.165, 1.54) is 0 Å². The third kappa shape index (κ3) is 4.72. The number of hydrogen-bond donors (Lipinski definition) is 1. The number of nitrogens with zero attached hydrogens (tertiary/aromatic N) is 1. The quantitative estimate of drug-likeness (QED) is 0.808. The van der Waals surface area contributed by atoms with Gasteiger partial charge >= 0.3 is 5.97 Å². The van der Waals surface area contributed by atoms with Crippen LogP contribution in [0.2, 0.25) is 0 Å². The molecular weight excluding hydrogens is 308 g/mol. The number of esters is 1. The van der Waals surface area contributed by atoms with Gasteiger partial charge in [0, 0.05) is 0 Å². The smallest absolute Gasteiger partial charge is 0.347 e. The van der Waals surface area contributed by atoms with Gasteiger partial charge in [-0.3, -0.25) is 4.79 Å². The number of ether oxygens (including phenoxy) is 2. The molecule has 1 fully saturated rings. The zero-order valence-electron chi connectivity index (χ0n) is 14.0. The molecule has 1 atom stereocenters. The number of benzene rings is 1. The van der Waals surface area contributed by atoms with E-state index in [1.54, 1.807) is 19.1 Å². The number of hydrogen-bond acceptors (Lipinski definition) is 5. The lowest BCUT2D eigenvalue weighted by Crippen LogP contribution is -2.47. The van der Waals surface area contributed by atoms with Crippen LogP contribution in [0.3, 0.4) is 0 Å². The van der Waals surface area contributed by atoms with Gasteiger partial charge in [0.2, 0.25) is 0 Å². The molecule has 6 heteroatoms. The monoisotopic (exact) mass is 330 g/mol. The fourth-order valence-corrected chi connectivity index (χ4v) is 2.67. The number of carbonyl (C=O) groups is 2. The van der Waals surface area contributed by atoms with Crippen molar-refractivity contribution in [3.63, 3.8) is 0 Å². The summed E-state index contributed by atoms with van der Waals surface area (Å²) in [5.74, 6) is -0.526. The van der Waals surface area contributed by atoms with Gasteiger partial charge < -0.3 is 14.8 Å². The van der Waals surface area contributed by atoms with Gasteiger partial charge in [0.1, 0.15) is 11.3 Å². The van der Waals surface area contributed by atoms with Crippen LogP contribution in [0.4, 0.5) is 0 Å². The van der Waals surface area contributed by atoms with Crippen LogP contribution in [-0.4, -0.2) is 30.1 Å². The number of rotatable bonds is 6. The molecule has 1 saturated carbocycles. The Morgan fingerprint density at radius 1 is 1.29 bits per heavy atom. The summed E-state index contributed by atoms with van der Waals surface area (Å²) < 4.78 is 10.5. The predicted octanol–water partition coefficient (Wildman–Crippen LogP) is 2.26. The minimum Gasteiger partial charge on any atom is -0.479 e. The second-order valence-corrected chi connectivity index (χ2v) is 6.13. The molecule has 1 aliphatic carbocycles. The van der Waals surface area contributed by atoms with E-state index in [0.717, 1.165) is 18.4 Å². The molecule has 1 N–H and O–H groups in total. The number of carbonyl (C=O) groups excluding carboxylic acids is 2. The Labute approximate surface area is 141 Å². The van der Waals surface area contributed by atoms with Crippen LogP contribution in [0, 0.1) is 18.3 Å². The summed E-state index contributed by atoms with van der Waals surface area (Å²) in [7, 11) is 0. The van der Waals surface area contributed by atoms with Crippen LogP contribution in [0.25, 0.3) is 0 Å². The van der Waals surface area contributed by atoms with E-state index in [2.05, 4.69) is 11.4 Å². The maximum atomic E-state index is 11.9. The molecule has 6 nitrogen and oxygen atoms in total. The molecule has 0 bridgehead atoms. The average molecular weight is 330 g/mol. The Balaban J connectivity index is 1.78. The van der Waals surface area contributed by atoms with E-state index in [0.29, 0.717) is 18.6 Å². The second kappa shape index (κ2) is 7.82. The maximum Gasteiger partial charge on any atom is 0.347 e. The second-order valence-electron chi connectivity index (χ2n) is 6.13. The van der Waals surface area contributed by atoms with Crippen LogP contribution in [0.1, 0.15) is 38.2 Å². The lowest BCUT2D eigenvalue weighted by Gasteiger charge is -2.22. The summed E-state index contributed by atoms with van der Waals surface area (Å²) in [6, 6.07) is 9.45. The Bertz CT molecular complexity index is 627. The van der Waals surface area contributed by atoms with Crippen molar-refractivity contribution in [3.8, 4) is 11.8 Å². The third-order valence-electron chi connectivity index (χ3n) is 4.06. The highest BCUT2D eigenvalue weighted by Gasteiger charge is 2.35. The van der Waals surface area contributed by atoms with Gasteiger partial charge in [0.05, 0.1) is 6.07 Å². The molecule has 1 amide bonds. The van der Waals surface area contributed by atoms with Crippen molar-refractivity contribution in [2.24, 2.45) is 0 Å². The third-order valence-corrected chi connectivity index (χ3v) is 4.06. The molecule has 1 aromatic rings. The summed E-state index contributed by atoms with van der Waals surface area (Å²) in [5.41, 5.74) is 0.278. The fraction of sp³-hybridized carbons (Fsp3) is 0.500. The molecule has 1 aromatic carbocycles. The van der Waals surface area contributed by atoms with Gasteiger partial charge in [-0.2, -0.15) is 5.26 Å². The zero-order valence-corrected chi connectivity index (χ0v) is 14.0. The Kier molecular flexibility index (Phi) is 5.80. The fourth-order valence-electron chi connectivity index (χ4n) is 2.67. The van der Waals surface area contributed by atoms with Crippen LogP contribution in [0.15, 0.2) is 24.3 Å². The number of amides is 1. The Hall–Kier alpha value is -2.55. The molecule has 0 spiro atoms. The normalized spacial score (nSPS) is 16.7. The average Bonchev–Trinajstić information content (AvgIpc) is 3.03. The van der Waals surface area contributed by atoms with E-state index in [4.69, 9.17) is 9.47 Å². The Morgan fingerprint density at radius 2 is 1.92 bits per heavy atom. The van der Waals surface area contributed by atoms with Crippen molar-refractivity contribution >= 4 is 11.9 Å². The highest BCUT2D eigenvalue weighted by molar-refractivity contribution is 5.82. The highest BCUT2D eigenvalue weighted by atomic mass is 16.6. The molecule has 0 heterocycles. The molecule has 0 aromatic heterocycles. The molecule has 0 saturated heterocycles. The van der Waals surface area contributed by atoms with E-state index in [1.807, 2.05) is 19.1 Å². The van der Waals surface area contributed by atoms with Crippen molar-refractivity contribution < 1.29 is 19.1 Å². The summed E-state index contributed by atoms with van der Waals surface area (Å²) in [6.45, 7) is 3.11. The minimum absolute atomic E-state index is 0.413. The molecule has 24 heavy (non-hydrogen) atoms. The summed E-state index contributed by atoms with van der Waals surface area (Å²) in [6.07, 6.45) is 2.27. The molecule has 0 aliphatic heterocycles. The van der Waals surface area contributed by atoms with Gasteiger partial charge in [0.15, 0.2) is 12.7 Å². The summed E-state index contributed by atoms with van der Waals surface area (Å²) in [5, 5.41) is 11.9. The predicted molar refractivity (Wildman–Crippen MR) is 87.2 cm³/mol. The number of aryl methyl sites for hydroxylation is 1. The highest BCUT2D eigenvalue weighted by Crippen LogP contribution is 2.28. The van der Waals surface area contributed by atoms with E-state index < -0.39 is 30.1 Å². The van der Waals surface area contributed by atoms with Crippen molar-refractivity contribution in [1.82, 2.24) is 5.32 Å². The standard InChI is InChI=1S/C18H22N2O4/c1-13-5-7-15(8-6-13)24-14(2)17(22)23-11-16(21)20-18(12-19)9-3-4-10-18/h5-8,14H,3-4,9-11H2,1-2H3,(H,20,21). The first-order valence-electron chi connectivity index (χ1n) is 8.06. The first kappa shape index (κ1) is 17.8. The molecule has 1 aliphatic rings. The number of nitrogens with one attached hydrogen (secondary N) is 1. The number of nitriles is 1. The van der Waals surface area contributed by atoms with Gasteiger partial charge in [-0.25, -0.2) is 4.79 Å². The molecule has 128 valence electrons. The largest absolute Gasteiger partial charge is 0.479 e. The van der Waals surface area contributed by atoms with Gasteiger partial charge in [-0.15, -0.1) is 0 Å². The first-order valence-corrected chi connectivity index (χ1v) is 8.06. The SMILES string of the molecule is Cc1ccc(OC(C)C(=O)OCC(=O)NC2(C#N)CCCC2)cc1. The minimum atomic E-state index is -0.822. The van der Waals surface area contributed by atoms with Gasteiger partial charge in [0.25, 0.3) is 5.91 Å². The molecular formula is C18H22N2O4. The summed E-state index contributed by atoms with van der Waals surface area (Å²) >= 11 is 0. The van der Waals surface area contributed by atoms with Crippen LogP contribution >= 0.6 is 0 Å². The van der Waals surface area contributed by atoms with Crippen molar-refractivity contribution in [2.45, 2.75) is 51.2 Å². The Morgan fingerprint density at radius 3 is 2.50 bits per heavy atom. The lowest BCUT2D eigenvalue weighted by molar-refractivity contribution is -0.155. The van der Waals surface area contributed by atoms with Crippen LogP contribution in [-0.2, 0) is 14.3 Å². The van der Waals surface area contributed by atoms with E-state index >= 15 is 0 Å². The molecule has 1 unspecified atom stereocenters. The topological polar surface area (TPSA) is 88.4 Å². The van der Waals surface area contributed by atoms with Crippen molar-refractivity contribution in [3.05, 3.63) is 29.8 Å². The first-order chi connectivity index (χ1) is 11.4. The van der Waals surface area contributed by atoms with E-state index in [-0.39, 0.29) is 0 Å². The van der Waals surface area contributed by atoms with Gasteiger partial charge in [-0.1, -0.05) is 17.7 Å².